The van der Waals surface area contributed by atoms with Crippen LogP contribution >= 0.6 is 0 Å². The summed E-state index contributed by atoms with van der Waals surface area (Å²) < 4.78 is 33.4. The number of hydrogen-bond donors (Lipinski definition) is 2. The summed E-state index contributed by atoms with van der Waals surface area (Å²) in [5.74, 6) is 0.0526. The van der Waals surface area contributed by atoms with Crippen molar-refractivity contribution in [1.82, 2.24) is 9.62 Å². The number of hydrogen-bond acceptors (Lipinski definition) is 5. The summed E-state index contributed by atoms with van der Waals surface area (Å²) in [5, 5.41) is 8.38. The van der Waals surface area contributed by atoms with E-state index in [-0.39, 0.29) is 23.4 Å². The van der Waals surface area contributed by atoms with Gasteiger partial charge in [-0.25, -0.2) is 8.42 Å². The average Bonchev–Trinajstić information content (AvgIpc) is 3.39. The third kappa shape index (κ3) is 5.41. The van der Waals surface area contributed by atoms with E-state index in [1.165, 1.54) is 15.8 Å². The van der Waals surface area contributed by atoms with E-state index < -0.39 is 10.0 Å². The molecule has 34 heavy (non-hydrogen) atoms. The number of anilines is 1. The molecule has 1 atom stereocenters. The molecule has 0 aliphatic carbocycles. The minimum atomic E-state index is -3.69. The Morgan fingerprint density at radius 2 is 1.76 bits per heavy atom. The Balaban J connectivity index is 1.43. The van der Waals surface area contributed by atoms with Crippen LogP contribution in [0.15, 0.2) is 65.6 Å². The zero-order valence-corrected chi connectivity index (χ0v) is 20.4. The van der Waals surface area contributed by atoms with Crippen LogP contribution in [0.4, 0.5) is 5.69 Å². The average molecular weight is 482 g/mol. The van der Waals surface area contributed by atoms with Gasteiger partial charge < -0.3 is 15.4 Å². The zero-order chi connectivity index (χ0) is 24.1. The van der Waals surface area contributed by atoms with Crippen molar-refractivity contribution in [2.45, 2.75) is 37.6 Å². The highest BCUT2D eigenvalue weighted by molar-refractivity contribution is 7.89. The number of nitrogens with one attached hydrogen (secondary N) is 2. The summed E-state index contributed by atoms with van der Waals surface area (Å²) in [6.45, 7) is 5.27. The van der Waals surface area contributed by atoms with E-state index in [0.717, 1.165) is 23.8 Å². The normalized spacial score (nSPS) is 15.4. The first-order chi connectivity index (χ1) is 16.4. The van der Waals surface area contributed by atoms with Crippen molar-refractivity contribution in [3.8, 4) is 5.75 Å². The summed E-state index contributed by atoms with van der Waals surface area (Å²) in [7, 11) is -3.69. The van der Waals surface area contributed by atoms with Gasteiger partial charge in [-0.05, 0) is 67.3 Å². The molecule has 4 rings (SSSR count). The van der Waals surface area contributed by atoms with Crippen molar-refractivity contribution < 1.29 is 17.9 Å². The van der Waals surface area contributed by atoms with E-state index in [4.69, 9.17) is 4.74 Å². The second-order valence-electron chi connectivity index (χ2n) is 8.46. The number of amides is 1. The first-order valence-electron chi connectivity index (χ1n) is 11.7. The molecule has 3 aromatic rings. The predicted molar refractivity (Wildman–Crippen MR) is 135 cm³/mol. The third-order valence-electron chi connectivity index (χ3n) is 6.05. The Morgan fingerprint density at radius 3 is 2.50 bits per heavy atom. The molecule has 1 aliphatic rings. The molecule has 1 aliphatic heterocycles. The largest absolute Gasteiger partial charge is 0.492 e. The van der Waals surface area contributed by atoms with Crippen molar-refractivity contribution in [3.63, 3.8) is 0 Å². The fourth-order valence-electron chi connectivity index (χ4n) is 4.18. The van der Waals surface area contributed by atoms with Gasteiger partial charge in [0.05, 0.1) is 13.2 Å². The van der Waals surface area contributed by atoms with Gasteiger partial charge in [-0.1, -0.05) is 36.4 Å². The number of rotatable bonds is 9. The Morgan fingerprint density at radius 1 is 1.03 bits per heavy atom. The fraction of sp³-hybridized carbons (Fsp3) is 0.346. The van der Waals surface area contributed by atoms with Gasteiger partial charge in [0.15, 0.2) is 0 Å². The lowest BCUT2D eigenvalue weighted by atomic mass is 10.0. The molecule has 180 valence electrons. The first kappa shape index (κ1) is 24.2. The van der Waals surface area contributed by atoms with E-state index in [0.29, 0.717) is 31.1 Å². The summed E-state index contributed by atoms with van der Waals surface area (Å²) in [6, 6.07) is 19.1. The van der Waals surface area contributed by atoms with Crippen LogP contribution in [0.5, 0.6) is 5.75 Å². The van der Waals surface area contributed by atoms with E-state index >= 15 is 0 Å². The Labute approximate surface area is 201 Å². The first-order valence-corrected chi connectivity index (χ1v) is 13.1. The van der Waals surface area contributed by atoms with Gasteiger partial charge in [0.1, 0.15) is 10.6 Å². The van der Waals surface area contributed by atoms with Gasteiger partial charge in [-0.15, -0.1) is 0 Å². The summed E-state index contributed by atoms with van der Waals surface area (Å²) in [6.07, 6.45) is 1.70. The van der Waals surface area contributed by atoms with Crippen molar-refractivity contribution in [2.75, 3.05) is 31.6 Å². The van der Waals surface area contributed by atoms with E-state index in [9.17, 15) is 13.2 Å². The topological polar surface area (TPSA) is 87.7 Å². The van der Waals surface area contributed by atoms with Crippen molar-refractivity contribution in [1.29, 1.82) is 0 Å². The number of carbonyl (C=O) groups is 1. The molecule has 1 fully saturated rings. The lowest BCUT2D eigenvalue weighted by Gasteiger charge is -2.19. The van der Waals surface area contributed by atoms with E-state index in [1.54, 1.807) is 12.1 Å². The van der Waals surface area contributed by atoms with Crippen LogP contribution in [0.1, 0.15) is 38.3 Å². The quantitative estimate of drug-likeness (QED) is 0.476. The van der Waals surface area contributed by atoms with Gasteiger partial charge in [0.25, 0.3) is 0 Å². The highest BCUT2D eigenvalue weighted by Gasteiger charge is 2.30. The van der Waals surface area contributed by atoms with Gasteiger partial charge in [-0.2, -0.15) is 4.31 Å². The van der Waals surface area contributed by atoms with Gasteiger partial charge in [0.2, 0.25) is 15.9 Å². The molecule has 0 bridgehead atoms. The molecule has 7 nitrogen and oxygen atoms in total. The molecule has 0 saturated carbocycles. The SMILES string of the molecule is CCOc1ccc(NC(=O)CNC(C)c2ccc3ccccc3c2)cc1S(=O)(=O)N1CCCC1. The maximum absolute atomic E-state index is 13.2. The number of ether oxygens (including phenoxy) is 1. The number of carbonyl (C=O) groups excluding carboxylic acids is 1. The summed E-state index contributed by atoms with van der Waals surface area (Å²) in [5.41, 5.74) is 1.51. The van der Waals surface area contributed by atoms with Crippen molar-refractivity contribution in [2.24, 2.45) is 0 Å². The van der Waals surface area contributed by atoms with Crippen LogP contribution in [-0.4, -0.2) is 44.9 Å². The zero-order valence-electron chi connectivity index (χ0n) is 19.6. The standard InChI is InChI=1S/C26H31N3O4S/c1-3-33-24-13-12-23(17-25(24)34(31,32)29-14-6-7-15-29)28-26(30)18-27-19(2)21-11-10-20-8-4-5-9-22(20)16-21/h4-5,8-13,16-17,19,27H,3,6-7,14-15,18H2,1-2H3,(H,28,30). The fourth-order valence-corrected chi connectivity index (χ4v) is 5.85. The van der Waals surface area contributed by atoms with Crippen LogP contribution in [0, 0.1) is 0 Å². The Hall–Kier alpha value is -2.94. The molecule has 8 heteroatoms. The molecule has 1 unspecified atom stereocenters. The van der Waals surface area contributed by atoms with Crippen LogP contribution in [0.3, 0.4) is 0 Å². The van der Waals surface area contributed by atoms with Crippen LogP contribution < -0.4 is 15.4 Å². The van der Waals surface area contributed by atoms with Gasteiger partial charge in [-0.3, -0.25) is 4.79 Å². The number of sulfonamides is 1. The van der Waals surface area contributed by atoms with E-state index in [1.807, 2.05) is 26.0 Å². The highest BCUT2D eigenvalue weighted by atomic mass is 32.2. The minimum absolute atomic E-state index is 0.0261. The van der Waals surface area contributed by atoms with Crippen LogP contribution in [0.2, 0.25) is 0 Å². The minimum Gasteiger partial charge on any atom is -0.492 e. The molecule has 0 aromatic heterocycles. The second kappa shape index (κ2) is 10.5. The summed E-state index contributed by atoms with van der Waals surface area (Å²) in [4.78, 5) is 12.7. The molecular weight excluding hydrogens is 450 g/mol. The molecular formula is C26H31N3O4S. The smallest absolute Gasteiger partial charge is 0.246 e. The predicted octanol–water partition coefficient (Wildman–Crippen LogP) is 4.31. The molecule has 0 spiro atoms. The number of fused-ring (bicyclic) bond motifs is 1. The maximum atomic E-state index is 13.2. The van der Waals surface area contributed by atoms with Crippen molar-refractivity contribution >= 4 is 32.4 Å². The van der Waals surface area contributed by atoms with E-state index in [2.05, 4.69) is 41.0 Å². The van der Waals surface area contributed by atoms with Gasteiger partial charge in [0, 0.05) is 24.8 Å². The second-order valence-corrected chi connectivity index (χ2v) is 10.4. The molecule has 1 saturated heterocycles. The Kier molecular flexibility index (Phi) is 7.50. The number of benzene rings is 3. The molecule has 2 N–H and O–H groups in total. The summed E-state index contributed by atoms with van der Waals surface area (Å²) >= 11 is 0. The van der Waals surface area contributed by atoms with Crippen LogP contribution in [0.25, 0.3) is 10.8 Å². The monoisotopic (exact) mass is 481 g/mol. The maximum Gasteiger partial charge on any atom is 0.246 e. The highest BCUT2D eigenvalue weighted by Crippen LogP contribution is 2.31. The van der Waals surface area contributed by atoms with Gasteiger partial charge >= 0.3 is 0 Å². The van der Waals surface area contributed by atoms with Crippen molar-refractivity contribution in [3.05, 3.63) is 66.2 Å². The molecule has 1 heterocycles. The lowest BCUT2D eigenvalue weighted by Crippen LogP contribution is -2.30. The molecule has 3 aromatic carbocycles. The third-order valence-corrected chi connectivity index (χ3v) is 7.97. The lowest BCUT2D eigenvalue weighted by molar-refractivity contribution is -0.115. The molecule has 1 amide bonds. The Bertz CT molecular complexity index is 1270. The van der Waals surface area contributed by atoms with Crippen LogP contribution in [-0.2, 0) is 14.8 Å². The number of nitrogens with zero attached hydrogens (tertiary/aromatic N) is 1. The molecule has 0 radical (unpaired) electrons.